The smallest absolute Gasteiger partial charge is 0.269 e. The van der Waals surface area contributed by atoms with Crippen LogP contribution < -0.4 is 10.1 Å². The molecule has 0 saturated heterocycles. The third-order valence-electron chi connectivity index (χ3n) is 3.40. The van der Waals surface area contributed by atoms with Gasteiger partial charge in [-0.15, -0.1) is 0 Å². The number of nitro groups is 1. The van der Waals surface area contributed by atoms with Crippen LogP contribution in [0.2, 0.25) is 0 Å². The normalized spacial score (nSPS) is 10.2. The van der Waals surface area contributed by atoms with Gasteiger partial charge in [-0.2, -0.15) is 0 Å². The van der Waals surface area contributed by atoms with E-state index in [0.717, 1.165) is 17.7 Å². The first-order chi connectivity index (χ1) is 11.0. The van der Waals surface area contributed by atoms with Crippen molar-refractivity contribution in [2.45, 2.75) is 20.3 Å². The Morgan fingerprint density at radius 1 is 1.26 bits per heavy atom. The maximum absolute atomic E-state index is 12.0. The number of ether oxygens (including phenoxy) is 1. The standard InChI is InChI=1S/C17H18N2O4/c1-3-13-6-4-5-7-15(13)18-17(20)11-23-16-9-8-14(19(21)22)10-12(16)2/h4-10H,3,11H2,1-2H3,(H,18,20). The van der Waals surface area contributed by atoms with Crippen LogP contribution in [0.5, 0.6) is 5.75 Å². The third-order valence-corrected chi connectivity index (χ3v) is 3.40. The van der Waals surface area contributed by atoms with E-state index in [9.17, 15) is 14.9 Å². The zero-order valence-electron chi connectivity index (χ0n) is 13.0. The number of nitrogens with zero attached hydrogens (tertiary/aromatic N) is 1. The summed E-state index contributed by atoms with van der Waals surface area (Å²) in [5.74, 6) is 0.179. The lowest BCUT2D eigenvalue weighted by Crippen LogP contribution is -2.21. The van der Waals surface area contributed by atoms with E-state index in [0.29, 0.717) is 11.3 Å². The number of hydrogen-bond acceptors (Lipinski definition) is 4. The Hall–Kier alpha value is -2.89. The highest BCUT2D eigenvalue weighted by molar-refractivity contribution is 5.92. The van der Waals surface area contributed by atoms with Crippen LogP contribution in [0.4, 0.5) is 11.4 Å². The van der Waals surface area contributed by atoms with Gasteiger partial charge in [0, 0.05) is 17.8 Å². The second-order valence-corrected chi connectivity index (χ2v) is 5.05. The zero-order valence-corrected chi connectivity index (χ0v) is 13.0. The van der Waals surface area contributed by atoms with Crippen molar-refractivity contribution in [1.82, 2.24) is 0 Å². The van der Waals surface area contributed by atoms with Crippen molar-refractivity contribution in [2.24, 2.45) is 0 Å². The first-order valence-electron chi connectivity index (χ1n) is 7.27. The zero-order chi connectivity index (χ0) is 16.8. The number of carbonyl (C=O) groups excluding carboxylic acids is 1. The molecular weight excluding hydrogens is 296 g/mol. The van der Waals surface area contributed by atoms with E-state index in [4.69, 9.17) is 4.74 Å². The summed E-state index contributed by atoms with van der Waals surface area (Å²) in [5.41, 5.74) is 2.42. The quantitative estimate of drug-likeness (QED) is 0.653. The number of nitro benzene ring substituents is 1. The number of amides is 1. The van der Waals surface area contributed by atoms with Crippen LogP contribution in [0, 0.1) is 17.0 Å². The molecule has 0 aliphatic rings. The van der Waals surface area contributed by atoms with E-state index >= 15 is 0 Å². The van der Waals surface area contributed by atoms with Gasteiger partial charge in [0.05, 0.1) is 4.92 Å². The lowest BCUT2D eigenvalue weighted by Gasteiger charge is -2.11. The van der Waals surface area contributed by atoms with Gasteiger partial charge in [-0.1, -0.05) is 25.1 Å². The molecular formula is C17H18N2O4. The molecule has 1 N–H and O–H groups in total. The fourth-order valence-corrected chi connectivity index (χ4v) is 2.19. The monoisotopic (exact) mass is 314 g/mol. The maximum Gasteiger partial charge on any atom is 0.269 e. The van der Waals surface area contributed by atoms with Crippen molar-refractivity contribution >= 4 is 17.3 Å². The van der Waals surface area contributed by atoms with Crippen LogP contribution >= 0.6 is 0 Å². The summed E-state index contributed by atoms with van der Waals surface area (Å²) >= 11 is 0. The molecule has 0 aliphatic heterocycles. The number of nitrogens with one attached hydrogen (secondary N) is 1. The van der Waals surface area contributed by atoms with E-state index in [-0.39, 0.29) is 18.2 Å². The van der Waals surface area contributed by atoms with Gasteiger partial charge in [-0.05, 0) is 36.6 Å². The van der Waals surface area contributed by atoms with E-state index in [1.54, 1.807) is 6.92 Å². The Bertz CT molecular complexity index is 728. The number of carbonyl (C=O) groups is 1. The highest BCUT2D eigenvalue weighted by Crippen LogP contribution is 2.23. The molecule has 0 unspecified atom stereocenters. The maximum atomic E-state index is 12.0. The highest BCUT2D eigenvalue weighted by Gasteiger charge is 2.11. The molecule has 2 aromatic rings. The van der Waals surface area contributed by atoms with Gasteiger partial charge in [-0.25, -0.2) is 0 Å². The van der Waals surface area contributed by atoms with Crippen LogP contribution in [-0.4, -0.2) is 17.4 Å². The number of aryl methyl sites for hydroxylation is 2. The van der Waals surface area contributed by atoms with Gasteiger partial charge in [0.25, 0.3) is 11.6 Å². The number of rotatable bonds is 6. The van der Waals surface area contributed by atoms with Crippen LogP contribution in [0.25, 0.3) is 0 Å². The van der Waals surface area contributed by atoms with E-state index in [1.165, 1.54) is 18.2 Å². The lowest BCUT2D eigenvalue weighted by molar-refractivity contribution is -0.384. The van der Waals surface area contributed by atoms with Crippen LogP contribution in [0.1, 0.15) is 18.1 Å². The van der Waals surface area contributed by atoms with Crippen LogP contribution in [-0.2, 0) is 11.2 Å². The van der Waals surface area contributed by atoms with Gasteiger partial charge in [0.1, 0.15) is 5.75 Å². The van der Waals surface area contributed by atoms with Gasteiger partial charge in [0.2, 0.25) is 0 Å². The lowest BCUT2D eigenvalue weighted by atomic mass is 10.1. The number of para-hydroxylation sites is 1. The predicted molar refractivity (Wildman–Crippen MR) is 87.8 cm³/mol. The van der Waals surface area contributed by atoms with Crippen molar-refractivity contribution in [1.29, 1.82) is 0 Å². The highest BCUT2D eigenvalue weighted by atomic mass is 16.6. The number of hydrogen-bond donors (Lipinski definition) is 1. The minimum atomic E-state index is -0.467. The fraction of sp³-hybridized carbons (Fsp3) is 0.235. The molecule has 0 aliphatic carbocycles. The number of benzene rings is 2. The Morgan fingerprint density at radius 3 is 2.65 bits per heavy atom. The Labute approximate surface area is 134 Å². The van der Waals surface area contributed by atoms with Gasteiger partial charge in [-0.3, -0.25) is 14.9 Å². The summed E-state index contributed by atoms with van der Waals surface area (Å²) in [6, 6.07) is 11.8. The van der Waals surface area contributed by atoms with Crippen LogP contribution in [0.15, 0.2) is 42.5 Å². The Balaban J connectivity index is 1.98. The predicted octanol–water partition coefficient (Wildman–Crippen LogP) is 3.48. The molecule has 0 aromatic heterocycles. The second kappa shape index (κ2) is 7.40. The summed E-state index contributed by atoms with van der Waals surface area (Å²) in [6.07, 6.45) is 0.818. The summed E-state index contributed by atoms with van der Waals surface area (Å²) < 4.78 is 5.44. The molecule has 0 atom stereocenters. The summed E-state index contributed by atoms with van der Waals surface area (Å²) in [5, 5.41) is 13.5. The van der Waals surface area contributed by atoms with Gasteiger partial charge < -0.3 is 10.1 Å². The molecule has 0 bridgehead atoms. The molecule has 0 radical (unpaired) electrons. The Morgan fingerprint density at radius 2 is 2.00 bits per heavy atom. The molecule has 1 amide bonds. The third kappa shape index (κ3) is 4.29. The first kappa shape index (κ1) is 16.5. The largest absolute Gasteiger partial charge is 0.483 e. The summed E-state index contributed by atoms with van der Waals surface area (Å²) in [6.45, 7) is 3.56. The van der Waals surface area contributed by atoms with Gasteiger partial charge >= 0.3 is 0 Å². The van der Waals surface area contributed by atoms with E-state index < -0.39 is 4.92 Å². The van der Waals surface area contributed by atoms with Crippen molar-refractivity contribution < 1.29 is 14.5 Å². The van der Waals surface area contributed by atoms with E-state index in [2.05, 4.69) is 5.32 Å². The first-order valence-corrected chi connectivity index (χ1v) is 7.27. The molecule has 6 heteroatoms. The molecule has 6 nitrogen and oxygen atoms in total. The molecule has 0 fully saturated rings. The minimum Gasteiger partial charge on any atom is -0.483 e. The molecule has 0 spiro atoms. The SMILES string of the molecule is CCc1ccccc1NC(=O)COc1ccc([N+](=O)[O-])cc1C. The average Bonchev–Trinajstić information content (AvgIpc) is 2.54. The van der Waals surface area contributed by atoms with Crippen molar-refractivity contribution in [3.8, 4) is 5.75 Å². The summed E-state index contributed by atoms with van der Waals surface area (Å²) in [7, 11) is 0. The summed E-state index contributed by atoms with van der Waals surface area (Å²) in [4.78, 5) is 22.2. The number of non-ortho nitro benzene ring substituents is 1. The topological polar surface area (TPSA) is 81.5 Å². The fourth-order valence-electron chi connectivity index (χ4n) is 2.19. The second-order valence-electron chi connectivity index (χ2n) is 5.05. The Kier molecular flexibility index (Phi) is 5.30. The number of anilines is 1. The van der Waals surface area contributed by atoms with Crippen molar-refractivity contribution in [3.05, 3.63) is 63.7 Å². The van der Waals surface area contributed by atoms with Crippen LogP contribution in [0.3, 0.4) is 0 Å². The minimum absolute atomic E-state index is 0.00354. The molecule has 0 saturated carbocycles. The van der Waals surface area contributed by atoms with Crippen molar-refractivity contribution in [2.75, 3.05) is 11.9 Å². The average molecular weight is 314 g/mol. The molecule has 120 valence electrons. The van der Waals surface area contributed by atoms with E-state index in [1.807, 2.05) is 31.2 Å². The molecule has 2 aromatic carbocycles. The van der Waals surface area contributed by atoms with Crippen molar-refractivity contribution in [3.63, 3.8) is 0 Å². The molecule has 23 heavy (non-hydrogen) atoms. The van der Waals surface area contributed by atoms with Gasteiger partial charge in [0.15, 0.2) is 6.61 Å². The molecule has 0 heterocycles. The molecule has 2 rings (SSSR count).